The standard InChI is InChI=1S/C15H13Cl2N3O5S/c16-9-5-11(17)13-12(6-9)18-14(15(21)22)20(26(13,24)25)7-8-2-1-3-10(4-8)19-23/h1-6,14,18-19,23H,7H2,(H,21,22). The van der Waals surface area contributed by atoms with E-state index in [0.29, 0.717) is 11.3 Å². The highest BCUT2D eigenvalue weighted by molar-refractivity contribution is 7.89. The molecule has 1 unspecified atom stereocenters. The van der Waals surface area contributed by atoms with E-state index in [1.54, 1.807) is 18.2 Å². The van der Waals surface area contributed by atoms with Gasteiger partial charge in [0.15, 0.2) is 6.17 Å². The number of carboxylic acids is 1. The van der Waals surface area contributed by atoms with Gasteiger partial charge in [0.05, 0.1) is 16.4 Å². The van der Waals surface area contributed by atoms with Gasteiger partial charge in [-0.15, -0.1) is 0 Å². The van der Waals surface area contributed by atoms with Gasteiger partial charge in [-0.3, -0.25) is 10.7 Å². The molecule has 3 rings (SSSR count). The summed E-state index contributed by atoms with van der Waals surface area (Å²) in [5, 5.41) is 21.2. The van der Waals surface area contributed by atoms with Gasteiger partial charge >= 0.3 is 5.97 Å². The molecule has 0 amide bonds. The Morgan fingerprint density at radius 2 is 2.00 bits per heavy atom. The molecule has 0 spiro atoms. The number of sulfonamides is 1. The molecule has 0 aliphatic carbocycles. The number of fused-ring (bicyclic) bond motifs is 1. The van der Waals surface area contributed by atoms with Gasteiger partial charge in [-0.1, -0.05) is 35.3 Å². The predicted molar refractivity (Wildman–Crippen MR) is 96.1 cm³/mol. The van der Waals surface area contributed by atoms with Crippen molar-refractivity contribution in [3.63, 3.8) is 0 Å². The molecule has 4 N–H and O–H groups in total. The minimum absolute atomic E-state index is 0.0249. The van der Waals surface area contributed by atoms with Gasteiger partial charge in [-0.25, -0.2) is 13.2 Å². The summed E-state index contributed by atoms with van der Waals surface area (Å²) in [5.41, 5.74) is 2.78. The van der Waals surface area contributed by atoms with Crippen LogP contribution in [0.25, 0.3) is 0 Å². The lowest BCUT2D eigenvalue weighted by Gasteiger charge is -2.35. The molecule has 0 aromatic heterocycles. The van der Waals surface area contributed by atoms with Crippen molar-refractivity contribution in [3.8, 4) is 0 Å². The van der Waals surface area contributed by atoms with Crippen molar-refractivity contribution in [2.24, 2.45) is 0 Å². The summed E-state index contributed by atoms with van der Waals surface area (Å²) in [5.74, 6) is -1.38. The number of rotatable bonds is 4. The van der Waals surface area contributed by atoms with E-state index in [0.717, 1.165) is 4.31 Å². The third-order valence-electron chi connectivity index (χ3n) is 3.78. The van der Waals surface area contributed by atoms with Gasteiger partial charge < -0.3 is 10.4 Å². The van der Waals surface area contributed by atoms with Crippen LogP contribution >= 0.6 is 23.2 Å². The summed E-state index contributed by atoms with van der Waals surface area (Å²) in [7, 11) is -4.23. The van der Waals surface area contributed by atoms with Crippen LogP contribution in [-0.2, 0) is 21.4 Å². The van der Waals surface area contributed by atoms with Crippen LogP contribution < -0.4 is 10.8 Å². The lowest BCUT2D eigenvalue weighted by atomic mass is 10.2. The molecule has 0 saturated heterocycles. The molecule has 2 aromatic carbocycles. The first kappa shape index (κ1) is 18.7. The van der Waals surface area contributed by atoms with Crippen molar-refractivity contribution in [2.45, 2.75) is 17.6 Å². The van der Waals surface area contributed by atoms with Crippen molar-refractivity contribution in [2.75, 3.05) is 10.8 Å². The maximum absolute atomic E-state index is 13.0. The zero-order chi connectivity index (χ0) is 19.1. The summed E-state index contributed by atoms with van der Waals surface area (Å²) >= 11 is 11.9. The van der Waals surface area contributed by atoms with Crippen LogP contribution in [-0.4, -0.2) is 35.2 Å². The highest BCUT2D eigenvalue weighted by atomic mass is 35.5. The van der Waals surface area contributed by atoms with E-state index in [-0.39, 0.29) is 27.2 Å². The zero-order valence-corrected chi connectivity index (χ0v) is 15.3. The second kappa shape index (κ2) is 6.93. The molecule has 0 bridgehead atoms. The van der Waals surface area contributed by atoms with Crippen LogP contribution in [0.3, 0.4) is 0 Å². The SMILES string of the molecule is O=C(O)C1Nc2cc(Cl)cc(Cl)c2S(=O)(=O)N1Cc1cccc(NO)c1. The van der Waals surface area contributed by atoms with E-state index in [1.165, 1.54) is 18.2 Å². The quantitative estimate of drug-likeness (QED) is 0.564. The molecule has 11 heteroatoms. The molecule has 138 valence electrons. The second-order valence-electron chi connectivity index (χ2n) is 5.51. The Balaban J connectivity index is 2.11. The molecule has 2 aromatic rings. The summed E-state index contributed by atoms with van der Waals surface area (Å²) in [6, 6.07) is 8.84. The van der Waals surface area contributed by atoms with Gasteiger partial charge in [-0.2, -0.15) is 4.31 Å². The number of hydrogen-bond donors (Lipinski definition) is 4. The fourth-order valence-electron chi connectivity index (χ4n) is 2.69. The van der Waals surface area contributed by atoms with E-state index in [1.807, 2.05) is 5.48 Å². The van der Waals surface area contributed by atoms with Crippen LogP contribution in [0.1, 0.15) is 5.56 Å². The highest BCUT2D eigenvalue weighted by Gasteiger charge is 2.43. The van der Waals surface area contributed by atoms with E-state index in [2.05, 4.69) is 5.32 Å². The minimum Gasteiger partial charge on any atom is -0.479 e. The van der Waals surface area contributed by atoms with Crippen molar-refractivity contribution in [1.29, 1.82) is 0 Å². The van der Waals surface area contributed by atoms with Crippen LogP contribution in [0.15, 0.2) is 41.3 Å². The molecule has 0 radical (unpaired) electrons. The van der Waals surface area contributed by atoms with Crippen LogP contribution in [0.4, 0.5) is 11.4 Å². The Morgan fingerprint density at radius 3 is 2.65 bits per heavy atom. The van der Waals surface area contributed by atoms with Gasteiger partial charge in [0.1, 0.15) is 4.90 Å². The summed E-state index contributed by atoms with van der Waals surface area (Å²) in [6.45, 7) is -0.250. The first-order valence-electron chi connectivity index (χ1n) is 7.23. The molecule has 1 aliphatic rings. The largest absolute Gasteiger partial charge is 0.479 e. The fraction of sp³-hybridized carbons (Fsp3) is 0.133. The normalized spacial score (nSPS) is 18.7. The fourth-order valence-corrected chi connectivity index (χ4v) is 5.15. The maximum Gasteiger partial charge on any atom is 0.342 e. The van der Waals surface area contributed by atoms with Gasteiger partial charge in [-0.05, 0) is 29.8 Å². The number of aliphatic carboxylic acids is 1. The maximum atomic E-state index is 13.0. The monoisotopic (exact) mass is 417 g/mol. The average molecular weight is 418 g/mol. The molecule has 1 aliphatic heterocycles. The summed E-state index contributed by atoms with van der Waals surface area (Å²) in [6.07, 6.45) is -1.55. The predicted octanol–water partition coefficient (Wildman–Crippen LogP) is 2.82. The van der Waals surface area contributed by atoms with Crippen LogP contribution in [0, 0.1) is 0 Å². The molecule has 0 saturated carbocycles. The number of carboxylic acid groups (broad SMARTS) is 1. The Hall–Kier alpha value is -2.04. The number of hydrogen-bond acceptors (Lipinski definition) is 6. The summed E-state index contributed by atoms with van der Waals surface area (Å²) in [4.78, 5) is 11.4. The van der Waals surface area contributed by atoms with Gasteiger partial charge in [0.25, 0.3) is 0 Å². The van der Waals surface area contributed by atoms with Crippen molar-refractivity contribution in [3.05, 3.63) is 52.0 Å². The smallest absolute Gasteiger partial charge is 0.342 e. The van der Waals surface area contributed by atoms with E-state index >= 15 is 0 Å². The molecule has 8 nitrogen and oxygen atoms in total. The highest BCUT2D eigenvalue weighted by Crippen LogP contribution is 2.40. The number of anilines is 2. The number of nitrogens with zero attached hydrogens (tertiary/aromatic N) is 1. The Bertz CT molecular complexity index is 983. The van der Waals surface area contributed by atoms with Crippen molar-refractivity contribution >= 4 is 50.6 Å². The zero-order valence-electron chi connectivity index (χ0n) is 13.0. The first-order valence-corrected chi connectivity index (χ1v) is 9.43. The van der Waals surface area contributed by atoms with E-state index < -0.39 is 22.2 Å². The second-order valence-corrected chi connectivity index (χ2v) is 8.18. The number of carbonyl (C=O) groups is 1. The Morgan fingerprint density at radius 1 is 1.27 bits per heavy atom. The van der Waals surface area contributed by atoms with Crippen molar-refractivity contribution in [1.82, 2.24) is 4.31 Å². The lowest BCUT2D eigenvalue weighted by molar-refractivity contribution is -0.140. The van der Waals surface area contributed by atoms with Crippen molar-refractivity contribution < 1.29 is 23.5 Å². The van der Waals surface area contributed by atoms with E-state index in [4.69, 9.17) is 28.4 Å². The summed E-state index contributed by atoms with van der Waals surface area (Å²) < 4.78 is 26.9. The van der Waals surface area contributed by atoms with Crippen LogP contribution in [0.5, 0.6) is 0 Å². The molecular weight excluding hydrogens is 405 g/mol. The Labute approximate surface area is 159 Å². The molecule has 1 heterocycles. The topological polar surface area (TPSA) is 119 Å². The third kappa shape index (κ3) is 3.31. The minimum atomic E-state index is -4.23. The average Bonchev–Trinajstić information content (AvgIpc) is 2.56. The molecule has 0 fully saturated rings. The number of nitrogens with one attached hydrogen (secondary N) is 2. The molecular formula is C15H13Cl2N3O5S. The van der Waals surface area contributed by atoms with E-state index in [9.17, 15) is 18.3 Å². The van der Waals surface area contributed by atoms with Crippen LogP contribution in [0.2, 0.25) is 10.0 Å². The number of benzene rings is 2. The molecule has 1 atom stereocenters. The van der Waals surface area contributed by atoms with Gasteiger partial charge in [0.2, 0.25) is 10.0 Å². The first-order chi connectivity index (χ1) is 12.2. The lowest BCUT2D eigenvalue weighted by Crippen LogP contribution is -2.52. The Kier molecular flexibility index (Phi) is 5.00. The molecule has 26 heavy (non-hydrogen) atoms. The van der Waals surface area contributed by atoms with Gasteiger partial charge in [0, 0.05) is 11.6 Å². The third-order valence-corrected chi connectivity index (χ3v) is 6.33. The number of halogens is 2.